The van der Waals surface area contributed by atoms with Crippen LogP contribution in [0.3, 0.4) is 0 Å². The summed E-state index contributed by atoms with van der Waals surface area (Å²) in [7, 11) is 0. The summed E-state index contributed by atoms with van der Waals surface area (Å²) in [4.78, 5) is 0. The molecule has 14 rings (SSSR count). The van der Waals surface area contributed by atoms with Gasteiger partial charge in [-0.1, -0.05) is 176 Å². The van der Waals surface area contributed by atoms with Crippen molar-refractivity contribution in [2.45, 2.75) is 0 Å². The zero-order chi connectivity index (χ0) is 43.3. The van der Waals surface area contributed by atoms with E-state index in [4.69, 9.17) is 8.83 Å². The van der Waals surface area contributed by atoms with E-state index in [1.165, 1.54) is 87.6 Å². The number of rotatable bonds is 5. The van der Waals surface area contributed by atoms with Crippen LogP contribution in [0.1, 0.15) is 0 Å². The molecule has 0 spiro atoms. The van der Waals surface area contributed by atoms with Gasteiger partial charge in [0, 0.05) is 16.2 Å². The molecule has 0 radical (unpaired) electrons. The Kier molecular flexibility index (Phi) is 8.02. The molecule has 0 atom stereocenters. The second kappa shape index (κ2) is 14.4. The number of hydrogen-bond acceptors (Lipinski definition) is 2. The van der Waals surface area contributed by atoms with Crippen LogP contribution in [0.15, 0.2) is 239 Å². The lowest BCUT2D eigenvalue weighted by Crippen LogP contribution is -1.92. The molecule has 2 heterocycles. The number of fused-ring (bicyclic) bond motifs is 12. The molecule has 0 N–H and O–H groups in total. The molecule has 0 unspecified atom stereocenters. The third-order valence-corrected chi connectivity index (χ3v) is 13.8. The SMILES string of the molecule is c1ccc(-c2cccc(-c3ccc4c(-c5ccc6c(ccc7ccccc76)c5)c5ccccc5c(-c5ccc6oc7ccc8c9cc(-c%10ccccc%10)ccc9oc8c7c6c5)c4c3)c2)cc1. The van der Waals surface area contributed by atoms with Gasteiger partial charge in [0.05, 0.1) is 5.39 Å². The molecule has 0 fully saturated rings. The predicted molar refractivity (Wildman–Crippen MR) is 278 cm³/mol. The maximum absolute atomic E-state index is 6.77. The first-order valence-corrected chi connectivity index (χ1v) is 22.6. The first-order valence-electron chi connectivity index (χ1n) is 22.6. The van der Waals surface area contributed by atoms with Gasteiger partial charge in [-0.3, -0.25) is 0 Å². The second-order valence-corrected chi connectivity index (χ2v) is 17.5. The minimum absolute atomic E-state index is 0.812. The van der Waals surface area contributed by atoms with Crippen molar-refractivity contribution in [2.24, 2.45) is 0 Å². The highest BCUT2D eigenvalue weighted by atomic mass is 16.3. The van der Waals surface area contributed by atoms with Gasteiger partial charge in [0.25, 0.3) is 0 Å². The van der Waals surface area contributed by atoms with Gasteiger partial charge in [0.1, 0.15) is 22.3 Å². The quantitative estimate of drug-likeness (QED) is 0.127. The van der Waals surface area contributed by atoms with Crippen molar-refractivity contribution >= 4 is 87.0 Å². The molecule has 14 aromatic rings. The fourth-order valence-corrected chi connectivity index (χ4v) is 10.7. The summed E-state index contributed by atoms with van der Waals surface area (Å²) in [6.07, 6.45) is 0. The fraction of sp³-hybridized carbons (Fsp3) is 0. The van der Waals surface area contributed by atoms with E-state index in [0.29, 0.717) is 0 Å². The van der Waals surface area contributed by atoms with E-state index < -0.39 is 0 Å². The largest absolute Gasteiger partial charge is 0.456 e. The maximum atomic E-state index is 6.77. The van der Waals surface area contributed by atoms with Crippen LogP contribution in [-0.4, -0.2) is 0 Å². The normalized spacial score (nSPS) is 11.9. The third-order valence-electron chi connectivity index (χ3n) is 13.8. The molecule has 0 bridgehead atoms. The molecule has 0 aliphatic heterocycles. The van der Waals surface area contributed by atoms with Crippen molar-refractivity contribution in [3.63, 3.8) is 0 Å². The Labute approximate surface area is 380 Å². The summed E-state index contributed by atoms with van der Waals surface area (Å²) in [6, 6.07) is 83.7. The fourth-order valence-electron chi connectivity index (χ4n) is 10.7. The molecular formula is C64H38O2. The van der Waals surface area contributed by atoms with Gasteiger partial charge in [0.2, 0.25) is 0 Å². The van der Waals surface area contributed by atoms with Crippen molar-refractivity contribution < 1.29 is 8.83 Å². The minimum atomic E-state index is 0.812. The van der Waals surface area contributed by atoms with Gasteiger partial charge in [-0.2, -0.15) is 0 Å². The average molecular weight is 839 g/mol. The van der Waals surface area contributed by atoms with Crippen LogP contribution >= 0.6 is 0 Å². The van der Waals surface area contributed by atoms with E-state index in [1.54, 1.807) is 0 Å². The van der Waals surface area contributed by atoms with Crippen LogP contribution in [0.2, 0.25) is 0 Å². The molecular weight excluding hydrogens is 801 g/mol. The van der Waals surface area contributed by atoms with Crippen LogP contribution in [0.5, 0.6) is 0 Å². The topological polar surface area (TPSA) is 26.3 Å². The van der Waals surface area contributed by atoms with E-state index in [2.05, 4.69) is 231 Å². The standard InChI is InChI=1S/C64H38O2/c1-3-12-39(13-4-1)42-17-11-18-43(34-42)45-24-29-53-56(37-45)62(52-21-10-9-20-51(52)61(53)47-25-28-50-46(35-47)23-22-41-16-7-8-19-49(41)50)48-27-32-59-57(38-48)63-60(65-59)33-30-54-55-36-44(40-14-5-2-6-15-40)26-31-58(55)66-64(54)63/h1-38H. The summed E-state index contributed by atoms with van der Waals surface area (Å²) in [6.45, 7) is 0. The molecule has 66 heavy (non-hydrogen) atoms. The lowest BCUT2D eigenvalue weighted by atomic mass is 9.84. The van der Waals surface area contributed by atoms with Crippen LogP contribution < -0.4 is 0 Å². The van der Waals surface area contributed by atoms with Crippen molar-refractivity contribution in [1.82, 2.24) is 0 Å². The van der Waals surface area contributed by atoms with Crippen molar-refractivity contribution in [1.29, 1.82) is 0 Å². The minimum Gasteiger partial charge on any atom is -0.456 e. The summed E-state index contributed by atoms with van der Waals surface area (Å²) >= 11 is 0. The van der Waals surface area contributed by atoms with Gasteiger partial charge in [-0.05, 0) is 153 Å². The number of furan rings is 2. The Morgan fingerprint density at radius 3 is 1.47 bits per heavy atom. The average Bonchev–Trinajstić information content (AvgIpc) is 3.96. The zero-order valence-electron chi connectivity index (χ0n) is 35.8. The molecule has 2 heteroatoms. The van der Waals surface area contributed by atoms with E-state index in [1.807, 2.05) is 0 Å². The van der Waals surface area contributed by atoms with Gasteiger partial charge in [0.15, 0.2) is 0 Å². The Morgan fingerprint density at radius 1 is 0.212 bits per heavy atom. The molecule has 0 saturated heterocycles. The first-order chi connectivity index (χ1) is 32.7. The molecule has 0 saturated carbocycles. The summed E-state index contributed by atoms with van der Waals surface area (Å²) < 4.78 is 13.4. The zero-order valence-corrected chi connectivity index (χ0v) is 35.8. The van der Waals surface area contributed by atoms with E-state index in [-0.39, 0.29) is 0 Å². The predicted octanol–water partition coefficient (Wildman–Crippen LogP) is 18.4. The van der Waals surface area contributed by atoms with Crippen LogP contribution in [0, 0.1) is 0 Å². The van der Waals surface area contributed by atoms with E-state index in [0.717, 1.165) is 55.0 Å². The van der Waals surface area contributed by atoms with E-state index in [9.17, 15) is 0 Å². The van der Waals surface area contributed by atoms with Crippen molar-refractivity contribution in [3.8, 4) is 55.6 Å². The van der Waals surface area contributed by atoms with E-state index >= 15 is 0 Å². The number of benzene rings is 12. The summed E-state index contributed by atoms with van der Waals surface area (Å²) in [5.74, 6) is 0. The molecule has 2 aromatic heterocycles. The highest BCUT2D eigenvalue weighted by Gasteiger charge is 2.21. The molecule has 2 nitrogen and oxygen atoms in total. The van der Waals surface area contributed by atoms with Gasteiger partial charge in [-0.15, -0.1) is 0 Å². The van der Waals surface area contributed by atoms with Gasteiger partial charge in [-0.25, -0.2) is 0 Å². The highest BCUT2D eigenvalue weighted by molar-refractivity contribution is 6.26. The molecule has 306 valence electrons. The number of hydrogen-bond donors (Lipinski definition) is 0. The third kappa shape index (κ3) is 5.68. The monoisotopic (exact) mass is 838 g/mol. The van der Waals surface area contributed by atoms with Gasteiger partial charge >= 0.3 is 0 Å². The maximum Gasteiger partial charge on any atom is 0.147 e. The van der Waals surface area contributed by atoms with Crippen molar-refractivity contribution in [2.75, 3.05) is 0 Å². The first kappa shape index (κ1) is 36.7. The summed E-state index contributed by atoms with van der Waals surface area (Å²) in [5, 5.41) is 14.0. The van der Waals surface area contributed by atoms with Crippen LogP contribution in [0.25, 0.3) is 143 Å². The van der Waals surface area contributed by atoms with Crippen LogP contribution in [0.4, 0.5) is 0 Å². The summed E-state index contributed by atoms with van der Waals surface area (Å²) in [5.41, 5.74) is 15.2. The van der Waals surface area contributed by atoms with Crippen LogP contribution in [-0.2, 0) is 0 Å². The molecule has 0 amide bonds. The second-order valence-electron chi connectivity index (χ2n) is 17.5. The molecule has 0 aliphatic carbocycles. The molecule has 0 aliphatic rings. The Bertz CT molecular complexity index is 4270. The smallest absolute Gasteiger partial charge is 0.147 e. The van der Waals surface area contributed by atoms with Crippen molar-refractivity contribution in [3.05, 3.63) is 231 Å². The Balaban J connectivity index is 1.03. The Hall–Kier alpha value is -8.72. The lowest BCUT2D eigenvalue weighted by molar-refractivity contribution is 0.663. The highest BCUT2D eigenvalue weighted by Crippen LogP contribution is 2.48. The Morgan fingerprint density at radius 2 is 0.682 bits per heavy atom. The molecule has 12 aromatic carbocycles. The lowest BCUT2D eigenvalue weighted by Gasteiger charge is -2.19. The van der Waals surface area contributed by atoms with Gasteiger partial charge < -0.3 is 8.83 Å².